The molecule has 0 bridgehead atoms. The second-order valence-electron chi connectivity index (χ2n) is 9.72. The van der Waals surface area contributed by atoms with E-state index in [-0.39, 0.29) is 11.6 Å². The Hall–Kier alpha value is -3.39. The van der Waals surface area contributed by atoms with Crippen LogP contribution in [-0.4, -0.2) is 45.4 Å². The Morgan fingerprint density at radius 3 is 2.62 bits per heavy atom. The highest BCUT2D eigenvalue weighted by Gasteiger charge is 2.28. The molecular formula is C26H29FN6O. The number of nitrogens with zero attached hydrogens (tertiary/aromatic N) is 3. The number of piperidine rings is 1. The van der Waals surface area contributed by atoms with E-state index in [1.807, 2.05) is 26.0 Å². The molecule has 3 aromatic heterocycles. The van der Waals surface area contributed by atoms with Crippen LogP contribution in [0.3, 0.4) is 0 Å². The number of rotatable bonds is 5. The van der Waals surface area contributed by atoms with Crippen LogP contribution in [0.5, 0.6) is 0 Å². The van der Waals surface area contributed by atoms with Crippen molar-refractivity contribution in [2.75, 3.05) is 23.3 Å². The lowest BCUT2D eigenvalue weighted by molar-refractivity contribution is 0.102. The zero-order valence-corrected chi connectivity index (χ0v) is 19.5. The standard InChI is InChI=1S/C26H29FN6O/c1-15-11-21-23(32-9-7-18(8-10-32)30-17-3-4-17)6-5-20(24(21)28-15)26(34)31-19-12-22(27)25-29-16(2)13-33(25)14-19/h5-6,11-14,17-18,28,30H,3-4,7-10H2,1-2H3,(H,31,34). The number of carbonyl (C=O) groups is 1. The van der Waals surface area contributed by atoms with E-state index in [9.17, 15) is 9.18 Å². The number of aromatic nitrogens is 3. The molecular weight excluding hydrogens is 431 g/mol. The lowest BCUT2D eigenvalue weighted by Crippen LogP contribution is -2.43. The molecule has 1 aliphatic carbocycles. The molecule has 4 heterocycles. The van der Waals surface area contributed by atoms with E-state index in [0.717, 1.165) is 54.3 Å². The monoisotopic (exact) mass is 460 g/mol. The number of amides is 1. The first-order valence-corrected chi connectivity index (χ1v) is 12.0. The summed E-state index contributed by atoms with van der Waals surface area (Å²) in [6, 6.07) is 8.67. The predicted octanol–water partition coefficient (Wildman–Crippen LogP) is 4.54. The maximum atomic E-state index is 14.5. The van der Waals surface area contributed by atoms with E-state index in [0.29, 0.717) is 23.0 Å². The first-order chi connectivity index (χ1) is 16.4. The van der Waals surface area contributed by atoms with Gasteiger partial charge in [-0.3, -0.25) is 4.79 Å². The molecule has 6 rings (SSSR count). The molecule has 0 unspecified atom stereocenters. The van der Waals surface area contributed by atoms with E-state index >= 15 is 0 Å². The molecule has 0 spiro atoms. The number of carbonyl (C=O) groups excluding carboxylic acids is 1. The molecule has 8 heteroatoms. The second kappa shape index (κ2) is 8.13. The van der Waals surface area contributed by atoms with E-state index in [1.54, 1.807) is 16.8 Å². The maximum absolute atomic E-state index is 14.5. The molecule has 1 amide bonds. The van der Waals surface area contributed by atoms with Gasteiger partial charge in [0.05, 0.1) is 22.5 Å². The summed E-state index contributed by atoms with van der Waals surface area (Å²) in [5.74, 6) is -0.747. The first kappa shape index (κ1) is 21.2. The minimum absolute atomic E-state index is 0.248. The molecule has 2 fully saturated rings. The van der Waals surface area contributed by atoms with Crippen LogP contribution in [0.15, 0.2) is 36.7 Å². The second-order valence-corrected chi connectivity index (χ2v) is 9.72. The van der Waals surface area contributed by atoms with Crippen LogP contribution in [0, 0.1) is 19.7 Å². The molecule has 1 aromatic carbocycles. The highest BCUT2D eigenvalue weighted by molar-refractivity contribution is 6.14. The quantitative estimate of drug-likeness (QED) is 0.409. The Kier molecular flexibility index (Phi) is 5.06. The average Bonchev–Trinajstić information content (AvgIpc) is 3.40. The van der Waals surface area contributed by atoms with Crippen LogP contribution in [0.4, 0.5) is 15.8 Å². The summed E-state index contributed by atoms with van der Waals surface area (Å²) >= 11 is 0. The largest absolute Gasteiger partial charge is 0.371 e. The first-order valence-electron chi connectivity index (χ1n) is 12.0. The third-order valence-electron chi connectivity index (χ3n) is 6.92. The summed E-state index contributed by atoms with van der Waals surface area (Å²) < 4.78 is 16.1. The number of benzene rings is 1. The van der Waals surface area contributed by atoms with E-state index < -0.39 is 5.82 Å². The number of fused-ring (bicyclic) bond motifs is 2. The number of aromatic amines is 1. The van der Waals surface area contributed by atoms with E-state index in [1.165, 1.54) is 18.9 Å². The lowest BCUT2D eigenvalue weighted by atomic mass is 10.0. The number of hydrogen-bond acceptors (Lipinski definition) is 4. The molecule has 176 valence electrons. The van der Waals surface area contributed by atoms with Gasteiger partial charge in [-0.2, -0.15) is 0 Å². The van der Waals surface area contributed by atoms with Crippen molar-refractivity contribution in [3.05, 3.63) is 59.4 Å². The van der Waals surface area contributed by atoms with Gasteiger partial charge in [0.2, 0.25) is 0 Å². The summed E-state index contributed by atoms with van der Waals surface area (Å²) in [4.78, 5) is 23.2. The zero-order valence-electron chi connectivity index (χ0n) is 19.5. The number of hydrogen-bond donors (Lipinski definition) is 3. The number of nitrogens with one attached hydrogen (secondary N) is 3. The molecule has 2 aliphatic rings. The number of H-pyrrole nitrogens is 1. The maximum Gasteiger partial charge on any atom is 0.257 e. The van der Waals surface area contributed by atoms with Crippen LogP contribution in [0.25, 0.3) is 16.6 Å². The van der Waals surface area contributed by atoms with Crippen molar-refractivity contribution >= 4 is 33.8 Å². The smallest absolute Gasteiger partial charge is 0.257 e. The Morgan fingerprint density at radius 2 is 1.85 bits per heavy atom. The molecule has 1 saturated carbocycles. The molecule has 34 heavy (non-hydrogen) atoms. The average molecular weight is 461 g/mol. The summed E-state index contributed by atoms with van der Waals surface area (Å²) in [7, 11) is 0. The Labute approximate surface area is 197 Å². The molecule has 4 aromatic rings. The number of aryl methyl sites for hydroxylation is 2. The molecule has 1 saturated heterocycles. The van der Waals surface area contributed by atoms with E-state index in [2.05, 4.69) is 31.6 Å². The Bertz CT molecular complexity index is 1390. The molecule has 0 atom stereocenters. The van der Waals surface area contributed by atoms with Crippen LogP contribution in [0.1, 0.15) is 47.4 Å². The van der Waals surface area contributed by atoms with Gasteiger partial charge < -0.3 is 24.9 Å². The van der Waals surface area contributed by atoms with Gasteiger partial charge in [0, 0.05) is 60.4 Å². The van der Waals surface area contributed by atoms with Crippen molar-refractivity contribution in [2.24, 2.45) is 0 Å². The van der Waals surface area contributed by atoms with Crippen LogP contribution >= 0.6 is 0 Å². The molecule has 7 nitrogen and oxygen atoms in total. The highest BCUT2D eigenvalue weighted by atomic mass is 19.1. The lowest BCUT2D eigenvalue weighted by Gasteiger charge is -2.34. The SMILES string of the molecule is Cc1cn2cc(NC(=O)c3ccc(N4CCC(NC5CC5)CC4)c4cc(C)[nH]c34)cc(F)c2n1. The Morgan fingerprint density at radius 1 is 1.09 bits per heavy atom. The van der Waals surface area contributed by atoms with Gasteiger partial charge in [-0.15, -0.1) is 0 Å². The fraction of sp³-hybridized carbons (Fsp3) is 0.385. The normalized spacial score (nSPS) is 17.1. The molecule has 1 aliphatic heterocycles. The number of halogens is 1. The van der Waals surface area contributed by atoms with Gasteiger partial charge in [0.1, 0.15) is 0 Å². The predicted molar refractivity (Wildman–Crippen MR) is 132 cm³/mol. The van der Waals surface area contributed by atoms with Crippen molar-refractivity contribution in [3.63, 3.8) is 0 Å². The van der Waals surface area contributed by atoms with Crippen molar-refractivity contribution in [1.82, 2.24) is 19.7 Å². The Balaban J connectivity index is 1.26. The summed E-state index contributed by atoms with van der Waals surface area (Å²) in [6.45, 7) is 5.81. The van der Waals surface area contributed by atoms with Crippen molar-refractivity contribution in [1.29, 1.82) is 0 Å². The fourth-order valence-corrected chi connectivity index (χ4v) is 5.12. The summed E-state index contributed by atoms with van der Waals surface area (Å²) in [5.41, 5.74) is 4.86. The third kappa shape index (κ3) is 3.92. The van der Waals surface area contributed by atoms with Crippen LogP contribution in [0.2, 0.25) is 0 Å². The molecule has 0 radical (unpaired) electrons. The highest BCUT2D eigenvalue weighted by Crippen LogP contribution is 2.33. The van der Waals surface area contributed by atoms with Gasteiger partial charge >= 0.3 is 0 Å². The molecule has 3 N–H and O–H groups in total. The van der Waals surface area contributed by atoms with Crippen molar-refractivity contribution in [3.8, 4) is 0 Å². The van der Waals surface area contributed by atoms with Gasteiger partial charge in [0.15, 0.2) is 11.5 Å². The third-order valence-corrected chi connectivity index (χ3v) is 6.92. The zero-order chi connectivity index (χ0) is 23.4. The van der Waals surface area contributed by atoms with E-state index in [4.69, 9.17) is 0 Å². The van der Waals surface area contributed by atoms with Gasteiger partial charge in [-0.25, -0.2) is 9.37 Å². The number of pyridine rings is 1. The summed E-state index contributed by atoms with van der Waals surface area (Å²) in [5, 5.41) is 7.66. The topological polar surface area (TPSA) is 77.5 Å². The van der Waals surface area contributed by atoms with Gasteiger partial charge in [0.25, 0.3) is 5.91 Å². The van der Waals surface area contributed by atoms with Crippen LogP contribution < -0.4 is 15.5 Å². The fourth-order valence-electron chi connectivity index (χ4n) is 5.12. The minimum Gasteiger partial charge on any atom is -0.371 e. The van der Waals surface area contributed by atoms with Gasteiger partial charge in [-0.05, 0) is 57.7 Å². The number of imidazole rings is 1. The van der Waals surface area contributed by atoms with Crippen molar-refractivity contribution < 1.29 is 9.18 Å². The number of anilines is 2. The minimum atomic E-state index is -0.471. The van der Waals surface area contributed by atoms with Crippen molar-refractivity contribution in [2.45, 2.75) is 51.6 Å². The summed E-state index contributed by atoms with van der Waals surface area (Å²) in [6.07, 6.45) is 8.31. The van der Waals surface area contributed by atoms with Crippen LogP contribution in [-0.2, 0) is 0 Å². The van der Waals surface area contributed by atoms with Gasteiger partial charge in [-0.1, -0.05) is 0 Å².